The largest absolute Gasteiger partial charge is 0.366 e. The van der Waals surface area contributed by atoms with Crippen molar-refractivity contribution >= 4 is 23.4 Å². The molecule has 3 rings (SSSR count). The molecule has 5 heteroatoms. The zero-order chi connectivity index (χ0) is 16.4. The lowest BCUT2D eigenvalue weighted by molar-refractivity contribution is 0.0741. The summed E-state index contributed by atoms with van der Waals surface area (Å²) in [4.78, 5) is 26.3. The van der Waals surface area contributed by atoms with Gasteiger partial charge in [-0.2, -0.15) is 0 Å². The van der Waals surface area contributed by atoms with E-state index in [2.05, 4.69) is 6.07 Å². The van der Waals surface area contributed by atoms with Gasteiger partial charge < -0.3 is 10.6 Å². The number of nitrogens with two attached hydrogens (primary N) is 1. The molecule has 0 atom stereocenters. The van der Waals surface area contributed by atoms with Gasteiger partial charge in [0, 0.05) is 18.1 Å². The van der Waals surface area contributed by atoms with E-state index in [4.69, 9.17) is 17.3 Å². The molecule has 0 aromatic heterocycles. The summed E-state index contributed by atoms with van der Waals surface area (Å²) in [5.74, 6) is -0.835. The minimum absolute atomic E-state index is 0.167. The fourth-order valence-electron chi connectivity index (χ4n) is 2.95. The van der Waals surface area contributed by atoms with Gasteiger partial charge in [0.1, 0.15) is 0 Å². The lowest BCUT2D eigenvalue weighted by atomic mass is 10.0. The number of fused-ring (bicyclic) bond motifs is 1. The molecule has 0 aliphatic carbocycles. The first-order valence-corrected chi connectivity index (χ1v) is 7.89. The molecule has 1 aliphatic heterocycles. The van der Waals surface area contributed by atoms with Crippen molar-refractivity contribution in [3.8, 4) is 0 Å². The van der Waals surface area contributed by atoms with Crippen molar-refractivity contribution in [1.82, 2.24) is 4.90 Å². The second kappa shape index (κ2) is 6.42. The topological polar surface area (TPSA) is 63.4 Å². The fourth-order valence-corrected chi connectivity index (χ4v) is 3.12. The lowest BCUT2D eigenvalue weighted by Gasteiger charge is -2.22. The van der Waals surface area contributed by atoms with E-state index < -0.39 is 5.91 Å². The first-order chi connectivity index (χ1) is 11.1. The van der Waals surface area contributed by atoms with Crippen molar-refractivity contribution in [2.75, 3.05) is 6.54 Å². The monoisotopic (exact) mass is 328 g/mol. The van der Waals surface area contributed by atoms with E-state index in [1.807, 2.05) is 18.2 Å². The van der Waals surface area contributed by atoms with Gasteiger partial charge in [-0.15, -0.1) is 0 Å². The summed E-state index contributed by atoms with van der Waals surface area (Å²) in [7, 11) is 0. The molecular formula is C18H17ClN2O2. The normalized spacial score (nSPS) is 14.0. The van der Waals surface area contributed by atoms with Gasteiger partial charge in [0.05, 0.1) is 11.1 Å². The van der Waals surface area contributed by atoms with Crippen LogP contribution in [0.1, 0.15) is 38.3 Å². The van der Waals surface area contributed by atoms with E-state index in [0.717, 1.165) is 18.4 Å². The Hall–Kier alpha value is -2.33. The molecule has 0 radical (unpaired) electrons. The van der Waals surface area contributed by atoms with Gasteiger partial charge in [-0.05, 0) is 42.2 Å². The minimum Gasteiger partial charge on any atom is -0.366 e. The van der Waals surface area contributed by atoms with E-state index in [-0.39, 0.29) is 11.5 Å². The number of aryl methyl sites for hydroxylation is 1. The van der Waals surface area contributed by atoms with Crippen molar-refractivity contribution in [1.29, 1.82) is 0 Å². The first kappa shape index (κ1) is 15.6. The van der Waals surface area contributed by atoms with E-state index in [1.54, 1.807) is 17.0 Å². The Morgan fingerprint density at radius 2 is 1.78 bits per heavy atom. The lowest BCUT2D eigenvalue weighted by Crippen LogP contribution is -2.32. The van der Waals surface area contributed by atoms with E-state index in [0.29, 0.717) is 23.7 Å². The van der Waals surface area contributed by atoms with Gasteiger partial charge in [0.25, 0.3) is 5.91 Å². The molecule has 2 aromatic carbocycles. The van der Waals surface area contributed by atoms with Gasteiger partial charge >= 0.3 is 0 Å². The molecule has 0 unspecified atom stereocenters. The number of primary amides is 1. The number of hydrogen-bond donors (Lipinski definition) is 1. The third-order valence-electron chi connectivity index (χ3n) is 4.12. The van der Waals surface area contributed by atoms with Crippen LogP contribution in [0.5, 0.6) is 0 Å². The van der Waals surface area contributed by atoms with Crippen molar-refractivity contribution in [3.05, 3.63) is 69.7 Å². The third kappa shape index (κ3) is 3.22. The molecule has 2 aromatic rings. The zero-order valence-electron chi connectivity index (χ0n) is 12.6. The standard InChI is InChI=1S/C18H17ClN2O2/c19-14-7-8-15(16(10-14)17(20)22)18(23)21-9-3-6-12-4-1-2-5-13(12)11-21/h1-2,4-5,7-8,10H,3,6,9,11H2,(H2,20,22). The summed E-state index contributed by atoms with van der Waals surface area (Å²) in [6, 6.07) is 12.8. The highest BCUT2D eigenvalue weighted by Crippen LogP contribution is 2.22. The zero-order valence-corrected chi connectivity index (χ0v) is 13.3. The highest BCUT2D eigenvalue weighted by atomic mass is 35.5. The van der Waals surface area contributed by atoms with Gasteiger partial charge in [-0.1, -0.05) is 35.9 Å². The molecule has 0 fully saturated rings. The van der Waals surface area contributed by atoms with Gasteiger partial charge in [-0.3, -0.25) is 9.59 Å². The van der Waals surface area contributed by atoms with Crippen molar-refractivity contribution in [3.63, 3.8) is 0 Å². The van der Waals surface area contributed by atoms with Gasteiger partial charge in [-0.25, -0.2) is 0 Å². The summed E-state index contributed by atoms with van der Waals surface area (Å²) in [5, 5.41) is 0.386. The number of hydrogen-bond acceptors (Lipinski definition) is 2. The molecule has 2 N–H and O–H groups in total. The second-order valence-corrected chi connectivity index (χ2v) is 6.09. The Kier molecular flexibility index (Phi) is 4.35. The molecule has 1 heterocycles. The quantitative estimate of drug-likeness (QED) is 0.921. The number of halogens is 1. The van der Waals surface area contributed by atoms with Crippen LogP contribution in [0.2, 0.25) is 5.02 Å². The van der Waals surface area contributed by atoms with Crippen LogP contribution in [0, 0.1) is 0 Å². The third-order valence-corrected chi connectivity index (χ3v) is 4.35. The predicted molar refractivity (Wildman–Crippen MR) is 89.5 cm³/mol. The molecule has 0 spiro atoms. The average Bonchev–Trinajstić information content (AvgIpc) is 2.76. The molecule has 23 heavy (non-hydrogen) atoms. The Morgan fingerprint density at radius 1 is 1.04 bits per heavy atom. The summed E-state index contributed by atoms with van der Waals surface area (Å²) < 4.78 is 0. The molecule has 0 saturated heterocycles. The van der Waals surface area contributed by atoms with Crippen LogP contribution in [0.3, 0.4) is 0 Å². The average molecular weight is 329 g/mol. The Labute approximate surface area is 139 Å². The van der Waals surface area contributed by atoms with E-state index in [9.17, 15) is 9.59 Å². The summed E-state index contributed by atoms with van der Waals surface area (Å²) >= 11 is 5.91. The van der Waals surface area contributed by atoms with Crippen LogP contribution in [0.15, 0.2) is 42.5 Å². The van der Waals surface area contributed by atoms with E-state index in [1.165, 1.54) is 11.6 Å². The number of rotatable bonds is 2. The molecule has 1 aliphatic rings. The number of nitrogens with zero attached hydrogens (tertiary/aromatic N) is 1. The second-order valence-electron chi connectivity index (χ2n) is 5.65. The number of carbonyl (C=O) groups is 2. The SMILES string of the molecule is NC(=O)c1cc(Cl)ccc1C(=O)N1CCCc2ccccc2C1. The minimum atomic E-state index is -0.647. The number of benzene rings is 2. The van der Waals surface area contributed by atoms with Crippen LogP contribution in [-0.4, -0.2) is 23.3 Å². The van der Waals surface area contributed by atoms with Crippen LogP contribution < -0.4 is 5.73 Å². The smallest absolute Gasteiger partial charge is 0.254 e. The molecule has 0 bridgehead atoms. The summed E-state index contributed by atoms with van der Waals surface area (Å²) in [6.07, 6.45) is 1.84. The van der Waals surface area contributed by atoms with Crippen LogP contribution in [0.4, 0.5) is 0 Å². The van der Waals surface area contributed by atoms with E-state index >= 15 is 0 Å². The maximum atomic E-state index is 12.9. The summed E-state index contributed by atoms with van der Waals surface area (Å²) in [6.45, 7) is 1.18. The number of amides is 2. The molecule has 118 valence electrons. The van der Waals surface area contributed by atoms with Crippen LogP contribution in [0.25, 0.3) is 0 Å². The highest BCUT2D eigenvalue weighted by molar-refractivity contribution is 6.31. The fraction of sp³-hybridized carbons (Fsp3) is 0.222. The molecular weight excluding hydrogens is 312 g/mol. The molecule has 2 amide bonds. The summed E-state index contributed by atoms with van der Waals surface area (Å²) in [5.41, 5.74) is 8.28. The first-order valence-electron chi connectivity index (χ1n) is 7.51. The Balaban J connectivity index is 1.93. The number of carbonyl (C=O) groups excluding carboxylic acids is 2. The van der Waals surface area contributed by atoms with Crippen molar-refractivity contribution in [2.45, 2.75) is 19.4 Å². The molecule has 4 nitrogen and oxygen atoms in total. The highest BCUT2D eigenvalue weighted by Gasteiger charge is 2.23. The maximum absolute atomic E-state index is 12.9. The van der Waals surface area contributed by atoms with Crippen molar-refractivity contribution < 1.29 is 9.59 Å². The van der Waals surface area contributed by atoms with Crippen LogP contribution >= 0.6 is 11.6 Å². The van der Waals surface area contributed by atoms with Crippen LogP contribution in [-0.2, 0) is 13.0 Å². The molecule has 0 saturated carbocycles. The Morgan fingerprint density at radius 3 is 2.52 bits per heavy atom. The Bertz CT molecular complexity index is 773. The predicted octanol–water partition coefficient (Wildman–Crippen LogP) is 3.03. The van der Waals surface area contributed by atoms with Gasteiger partial charge in [0.2, 0.25) is 5.91 Å². The van der Waals surface area contributed by atoms with Gasteiger partial charge in [0.15, 0.2) is 0 Å². The van der Waals surface area contributed by atoms with Crippen molar-refractivity contribution in [2.24, 2.45) is 5.73 Å². The maximum Gasteiger partial charge on any atom is 0.254 e.